The van der Waals surface area contributed by atoms with E-state index in [0.717, 1.165) is 46.2 Å². The summed E-state index contributed by atoms with van der Waals surface area (Å²) in [5, 5.41) is 3.06. The zero-order chi connectivity index (χ0) is 20.2. The van der Waals surface area contributed by atoms with E-state index in [1.807, 2.05) is 67.8 Å². The third-order valence-corrected chi connectivity index (χ3v) is 6.14. The number of aromatic nitrogens is 2. The molecule has 0 unspecified atom stereocenters. The Morgan fingerprint density at radius 3 is 2.59 bits per heavy atom. The molecule has 0 bridgehead atoms. The van der Waals surface area contributed by atoms with Crippen LogP contribution < -0.4 is 10.2 Å². The molecule has 148 valence electrons. The summed E-state index contributed by atoms with van der Waals surface area (Å²) < 4.78 is 1.04. The Kier molecular flexibility index (Phi) is 5.90. The monoisotopic (exact) mass is 450 g/mol. The SMILES string of the molecule is Cc1cc(NC(=O)[C@H]2CCCN(c3ncc(-c4ccccc4)cn3)C2)ccc1Br. The summed E-state index contributed by atoms with van der Waals surface area (Å²) in [6.45, 7) is 3.51. The molecule has 0 spiro atoms. The Balaban J connectivity index is 1.42. The molecule has 29 heavy (non-hydrogen) atoms. The first-order valence-corrected chi connectivity index (χ1v) is 10.6. The normalized spacial score (nSPS) is 16.5. The molecule has 1 fully saturated rings. The highest BCUT2D eigenvalue weighted by Gasteiger charge is 2.27. The second kappa shape index (κ2) is 8.74. The Bertz CT molecular complexity index is 992. The van der Waals surface area contributed by atoms with Crippen LogP contribution in [-0.2, 0) is 4.79 Å². The van der Waals surface area contributed by atoms with Crippen molar-refractivity contribution >= 4 is 33.5 Å². The van der Waals surface area contributed by atoms with Crippen LogP contribution in [0.15, 0.2) is 65.4 Å². The number of piperidine rings is 1. The number of carbonyl (C=O) groups excluding carboxylic acids is 1. The maximum atomic E-state index is 12.8. The minimum absolute atomic E-state index is 0.0531. The summed E-state index contributed by atoms with van der Waals surface area (Å²) in [4.78, 5) is 24.0. The predicted molar refractivity (Wildman–Crippen MR) is 120 cm³/mol. The number of nitrogens with zero attached hydrogens (tertiary/aromatic N) is 3. The third-order valence-electron chi connectivity index (χ3n) is 5.25. The molecule has 2 heterocycles. The number of aryl methyl sites for hydroxylation is 1. The van der Waals surface area contributed by atoms with Crippen molar-refractivity contribution in [3.8, 4) is 11.1 Å². The summed E-state index contributed by atoms with van der Waals surface area (Å²) >= 11 is 3.49. The van der Waals surface area contributed by atoms with E-state index in [-0.39, 0.29) is 11.8 Å². The van der Waals surface area contributed by atoms with Gasteiger partial charge in [-0.15, -0.1) is 0 Å². The van der Waals surface area contributed by atoms with Crippen LogP contribution in [0.4, 0.5) is 11.6 Å². The maximum Gasteiger partial charge on any atom is 0.229 e. The van der Waals surface area contributed by atoms with E-state index >= 15 is 0 Å². The van der Waals surface area contributed by atoms with Gasteiger partial charge in [0, 0.05) is 41.2 Å². The number of halogens is 1. The molecule has 1 aliphatic rings. The van der Waals surface area contributed by atoms with Crippen molar-refractivity contribution in [2.75, 3.05) is 23.3 Å². The molecule has 1 amide bonds. The number of benzene rings is 2. The van der Waals surface area contributed by atoms with Crippen molar-refractivity contribution in [2.24, 2.45) is 5.92 Å². The molecule has 2 aromatic carbocycles. The smallest absolute Gasteiger partial charge is 0.229 e. The van der Waals surface area contributed by atoms with Crippen molar-refractivity contribution in [1.82, 2.24) is 9.97 Å². The summed E-state index contributed by atoms with van der Waals surface area (Å²) in [5.41, 5.74) is 4.02. The van der Waals surface area contributed by atoms with E-state index < -0.39 is 0 Å². The topological polar surface area (TPSA) is 58.1 Å². The lowest BCUT2D eigenvalue weighted by Crippen LogP contribution is -2.41. The van der Waals surface area contributed by atoms with E-state index in [4.69, 9.17) is 0 Å². The zero-order valence-corrected chi connectivity index (χ0v) is 17.9. The first-order chi connectivity index (χ1) is 14.1. The highest BCUT2D eigenvalue weighted by atomic mass is 79.9. The van der Waals surface area contributed by atoms with Crippen molar-refractivity contribution in [2.45, 2.75) is 19.8 Å². The lowest BCUT2D eigenvalue weighted by molar-refractivity contribution is -0.120. The average molecular weight is 451 g/mol. The van der Waals surface area contributed by atoms with Crippen LogP contribution in [0.5, 0.6) is 0 Å². The molecule has 1 aliphatic heterocycles. The second-order valence-electron chi connectivity index (χ2n) is 7.38. The minimum Gasteiger partial charge on any atom is -0.340 e. The van der Waals surface area contributed by atoms with Crippen LogP contribution in [-0.4, -0.2) is 29.0 Å². The van der Waals surface area contributed by atoms with Crippen LogP contribution in [0.1, 0.15) is 18.4 Å². The van der Waals surface area contributed by atoms with Crippen molar-refractivity contribution in [1.29, 1.82) is 0 Å². The number of hydrogen-bond acceptors (Lipinski definition) is 4. The number of nitrogens with one attached hydrogen (secondary N) is 1. The Hall–Kier alpha value is -2.73. The molecule has 1 N–H and O–H groups in total. The summed E-state index contributed by atoms with van der Waals surface area (Å²) in [6.07, 6.45) is 5.53. The highest BCUT2D eigenvalue weighted by Crippen LogP contribution is 2.25. The van der Waals surface area contributed by atoms with E-state index in [1.165, 1.54) is 0 Å². The van der Waals surface area contributed by atoms with Gasteiger partial charge in [-0.25, -0.2) is 9.97 Å². The summed E-state index contributed by atoms with van der Waals surface area (Å²) in [5.74, 6) is 0.657. The van der Waals surface area contributed by atoms with Crippen LogP contribution >= 0.6 is 15.9 Å². The molecule has 3 aromatic rings. The molecule has 1 saturated heterocycles. The van der Waals surface area contributed by atoms with Crippen LogP contribution in [0, 0.1) is 12.8 Å². The van der Waals surface area contributed by atoms with Gasteiger partial charge in [-0.1, -0.05) is 46.3 Å². The lowest BCUT2D eigenvalue weighted by Gasteiger charge is -2.32. The van der Waals surface area contributed by atoms with Crippen molar-refractivity contribution in [3.63, 3.8) is 0 Å². The molecule has 0 aliphatic carbocycles. The third kappa shape index (κ3) is 4.65. The van der Waals surface area contributed by atoms with Gasteiger partial charge in [-0.3, -0.25) is 4.79 Å². The van der Waals surface area contributed by atoms with Gasteiger partial charge in [-0.2, -0.15) is 0 Å². The van der Waals surface area contributed by atoms with Crippen LogP contribution in [0.25, 0.3) is 11.1 Å². The number of anilines is 2. The molecule has 5 nitrogen and oxygen atoms in total. The van der Waals surface area contributed by atoms with E-state index in [1.54, 1.807) is 0 Å². The highest BCUT2D eigenvalue weighted by molar-refractivity contribution is 9.10. The first-order valence-electron chi connectivity index (χ1n) is 9.79. The van der Waals surface area contributed by atoms with Gasteiger partial charge >= 0.3 is 0 Å². The van der Waals surface area contributed by atoms with Gasteiger partial charge in [0.15, 0.2) is 0 Å². The summed E-state index contributed by atoms with van der Waals surface area (Å²) in [6, 6.07) is 15.9. The van der Waals surface area contributed by atoms with Gasteiger partial charge < -0.3 is 10.2 Å². The Labute approximate surface area is 179 Å². The standard InChI is InChI=1S/C23H23BrN4O/c1-16-12-20(9-10-21(16)24)27-22(29)18-8-5-11-28(15-18)23-25-13-19(14-26-23)17-6-3-2-4-7-17/h2-4,6-7,9-10,12-14,18H,5,8,11,15H2,1H3,(H,27,29)/t18-/m0/s1. The molecule has 1 aromatic heterocycles. The number of rotatable bonds is 4. The van der Waals surface area contributed by atoms with Gasteiger partial charge in [0.1, 0.15) is 0 Å². The quantitative estimate of drug-likeness (QED) is 0.602. The van der Waals surface area contributed by atoms with Crippen LogP contribution in [0.3, 0.4) is 0 Å². The minimum atomic E-state index is -0.0786. The molecule has 1 atom stereocenters. The molecule has 0 saturated carbocycles. The van der Waals surface area contributed by atoms with Crippen LogP contribution in [0.2, 0.25) is 0 Å². The molecular formula is C23H23BrN4O. The lowest BCUT2D eigenvalue weighted by atomic mass is 9.97. The van der Waals surface area contributed by atoms with E-state index in [2.05, 4.69) is 36.1 Å². The number of carbonyl (C=O) groups is 1. The first kappa shape index (κ1) is 19.6. The fourth-order valence-electron chi connectivity index (χ4n) is 3.60. The second-order valence-corrected chi connectivity index (χ2v) is 8.23. The molecule has 0 radical (unpaired) electrons. The number of hydrogen-bond donors (Lipinski definition) is 1. The van der Waals surface area contributed by atoms with E-state index in [0.29, 0.717) is 12.5 Å². The number of amides is 1. The Morgan fingerprint density at radius 2 is 1.86 bits per heavy atom. The fraction of sp³-hybridized carbons (Fsp3) is 0.261. The Morgan fingerprint density at radius 1 is 1.10 bits per heavy atom. The van der Waals surface area contributed by atoms with Crippen molar-refractivity contribution in [3.05, 3.63) is 71.0 Å². The molecule has 4 rings (SSSR count). The van der Waals surface area contributed by atoms with Crippen molar-refractivity contribution < 1.29 is 4.79 Å². The fourth-order valence-corrected chi connectivity index (χ4v) is 3.85. The predicted octanol–water partition coefficient (Wildman–Crippen LogP) is 5.07. The summed E-state index contributed by atoms with van der Waals surface area (Å²) in [7, 11) is 0. The van der Waals surface area contributed by atoms with Gasteiger partial charge in [0.25, 0.3) is 0 Å². The molecule has 6 heteroatoms. The maximum absolute atomic E-state index is 12.8. The van der Waals surface area contributed by atoms with Gasteiger partial charge in [0.2, 0.25) is 11.9 Å². The van der Waals surface area contributed by atoms with Gasteiger partial charge in [-0.05, 0) is 49.1 Å². The van der Waals surface area contributed by atoms with Gasteiger partial charge in [0.05, 0.1) is 5.92 Å². The largest absolute Gasteiger partial charge is 0.340 e. The average Bonchev–Trinajstić information content (AvgIpc) is 2.77. The van der Waals surface area contributed by atoms with E-state index in [9.17, 15) is 4.79 Å². The molecular weight excluding hydrogens is 428 g/mol. The zero-order valence-electron chi connectivity index (χ0n) is 16.3.